The molecule has 1 aromatic rings. The second-order valence-electron chi connectivity index (χ2n) is 5.67. The standard InChI is InChI=1S/C15H22BrN3O/c1-2-5-14-17-13(16)10-15(18-14)19-8-9-20-12-7-4-3-6-11(12)19/h10-12H,2-9H2,1H3. The third-order valence-corrected chi connectivity index (χ3v) is 4.63. The zero-order valence-electron chi connectivity index (χ0n) is 12.0. The molecule has 1 aromatic heterocycles. The molecule has 2 fully saturated rings. The summed E-state index contributed by atoms with van der Waals surface area (Å²) in [5.41, 5.74) is 0. The molecule has 2 aliphatic rings. The molecule has 0 spiro atoms. The van der Waals surface area contributed by atoms with Gasteiger partial charge in [0, 0.05) is 19.0 Å². The van der Waals surface area contributed by atoms with Gasteiger partial charge in [-0.3, -0.25) is 0 Å². The largest absolute Gasteiger partial charge is 0.374 e. The predicted octanol–water partition coefficient (Wildman–Crippen LogP) is 3.34. The Kier molecular flexibility index (Phi) is 4.56. The summed E-state index contributed by atoms with van der Waals surface area (Å²) in [6.45, 7) is 3.91. The van der Waals surface area contributed by atoms with Crippen molar-refractivity contribution >= 4 is 21.7 Å². The van der Waals surface area contributed by atoms with Crippen molar-refractivity contribution in [2.24, 2.45) is 0 Å². The molecule has 3 rings (SSSR count). The summed E-state index contributed by atoms with van der Waals surface area (Å²) >= 11 is 3.53. The van der Waals surface area contributed by atoms with E-state index in [0.717, 1.165) is 42.2 Å². The Hall–Kier alpha value is -0.680. The SMILES string of the molecule is CCCc1nc(Br)cc(N2CCOC3CCCCC32)n1. The summed E-state index contributed by atoms with van der Waals surface area (Å²) < 4.78 is 6.84. The van der Waals surface area contributed by atoms with Gasteiger partial charge in [0.1, 0.15) is 16.2 Å². The highest BCUT2D eigenvalue weighted by Crippen LogP contribution is 2.31. The van der Waals surface area contributed by atoms with Gasteiger partial charge in [0.25, 0.3) is 0 Å². The molecular formula is C15H22BrN3O. The lowest BCUT2D eigenvalue weighted by atomic mass is 9.90. The Bertz CT molecular complexity index is 466. The van der Waals surface area contributed by atoms with E-state index in [1.165, 1.54) is 25.7 Å². The summed E-state index contributed by atoms with van der Waals surface area (Å²) in [5.74, 6) is 2.01. The lowest BCUT2D eigenvalue weighted by Gasteiger charge is -2.44. The van der Waals surface area contributed by atoms with Crippen molar-refractivity contribution in [3.05, 3.63) is 16.5 Å². The predicted molar refractivity (Wildman–Crippen MR) is 83.1 cm³/mol. The maximum absolute atomic E-state index is 5.94. The molecule has 1 saturated carbocycles. The van der Waals surface area contributed by atoms with Crippen molar-refractivity contribution < 1.29 is 4.74 Å². The number of hydrogen-bond donors (Lipinski definition) is 0. The first-order valence-electron chi connectivity index (χ1n) is 7.69. The van der Waals surface area contributed by atoms with Gasteiger partial charge in [-0.05, 0) is 35.2 Å². The molecule has 4 nitrogen and oxygen atoms in total. The van der Waals surface area contributed by atoms with Gasteiger partial charge in [-0.2, -0.15) is 0 Å². The fourth-order valence-corrected chi connectivity index (χ4v) is 3.72. The number of hydrogen-bond acceptors (Lipinski definition) is 4. The van der Waals surface area contributed by atoms with Crippen molar-refractivity contribution in [2.75, 3.05) is 18.1 Å². The van der Waals surface area contributed by atoms with Gasteiger partial charge >= 0.3 is 0 Å². The van der Waals surface area contributed by atoms with Crippen LogP contribution in [0, 0.1) is 0 Å². The van der Waals surface area contributed by atoms with Crippen molar-refractivity contribution in [3.63, 3.8) is 0 Å². The average molecular weight is 340 g/mol. The fraction of sp³-hybridized carbons (Fsp3) is 0.733. The lowest BCUT2D eigenvalue weighted by Crippen LogP contribution is -2.53. The first-order valence-corrected chi connectivity index (χ1v) is 8.49. The Morgan fingerprint density at radius 3 is 3.05 bits per heavy atom. The number of aryl methyl sites for hydroxylation is 1. The second kappa shape index (κ2) is 6.39. The van der Waals surface area contributed by atoms with Crippen molar-refractivity contribution in [3.8, 4) is 0 Å². The third kappa shape index (κ3) is 2.98. The van der Waals surface area contributed by atoms with E-state index in [9.17, 15) is 0 Å². The van der Waals surface area contributed by atoms with E-state index in [-0.39, 0.29) is 0 Å². The van der Waals surface area contributed by atoms with Crippen LogP contribution in [-0.2, 0) is 11.2 Å². The number of anilines is 1. The summed E-state index contributed by atoms with van der Waals surface area (Å²) in [6.07, 6.45) is 7.40. The molecular weight excluding hydrogens is 318 g/mol. The Balaban J connectivity index is 1.86. The number of fused-ring (bicyclic) bond motifs is 1. The Morgan fingerprint density at radius 2 is 2.20 bits per heavy atom. The minimum atomic E-state index is 0.390. The van der Waals surface area contributed by atoms with Crippen LogP contribution < -0.4 is 4.90 Å². The monoisotopic (exact) mass is 339 g/mol. The smallest absolute Gasteiger partial charge is 0.133 e. The normalized spacial score (nSPS) is 26.4. The number of nitrogens with zero attached hydrogens (tertiary/aromatic N) is 3. The van der Waals surface area contributed by atoms with E-state index < -0.39 is 0 Å². The quantitative estimate of drug-likeness (QED) is 0.791. The van der Waals surface area contributed by atoms with Crippen LogP contribution in [0.3, 0.4) is 0 Å². The van der Waals surface area contributed by atoms with E-state index in [4.69, 9.17) is 9.72 Å². The number of halogens is 1. The van der Waals surface area contributed by atoms with E-state index in [2.05, 4.69) is 38.8 Å². The number of rotatable bonds is 3. The van der Waals surface area contributed by atoms with Crippen molar-refractivity contribution in [1.29, 1.82) is 0 Å². The first-order chi connectivity index (χ1) is 9.78. The number of ether oxygens (including phenoxy) is 1. The van der Waals surface area contributed by atoms with Gasteiger partial charge in [0.2, 0.25) is 0 Å². The molecule has 0 N–H and O–H groups in total. The van der Waals surface area contributed by atoms with E-state index in [1.54, 1.807) is 0 Å². The van der Waals surface area contributed by atoms with Crippen LogP contribution in [-0.4, -0.2) is 35.3 Å². The molecule has 0 aromatic carbocycles. The average Bonchev–Trinajstić information content (AvgIpc) is 2.46. The van der Waals surface area contributed by atoms with Crippen LogP contribution in [0.4, 0.5) is 5.82 Å². The number of aromatic nitrogens is 2. The van der Waals surface area contributed by atoms with Gasteiger partial charge in [0.05, 0.1) is 18.8 Å². The lowest BCUT2D eigenvalue weighted by molar-refractivity contribution is -0.00901. The van der Waals surface area contributed by atoms with E-state index >= 15 is 0 Å². The van der Waals surface area contributed by atoms with Crippen LogP contribution in [0.1, 0.15) is 44.9 Å². The highest BCUT2D eigenvalue weighted by Gasteiger charge is 2.35. The van der Waals surface area contributed by atoms with Gasteiger partial charge in [-0.1, -0.05) is 19.8 Å². The van der Waals surface area contributed by atoms with E-state index in [1.807, 2.05) is 0 Å². The zero-order valence-corrected chi connectivity index (χ0v) is 13.6. The van der Waals surface area contributed by atoms with E-state index in [0.29, 0.717) is 12.1 Å². The molecule has 1 aliphatic heterocycles. The van der Waals surface area contributed by atoms with Crippen molar-refractivity contribution in [1.82, 2.24) is 9.97 Å². The maximum atomic E-state index is 5.94. The summed E-state index contributed by atoms with van der Waals surface area (Å²) in [7, 11) is 0. The minimum absolute atomic E-state index is 0.390. The molecule has 0 amide bonds. The van der Waals surface area contributed by atoms with Crippen LogP contribution in [0.2, 0.25) is 0 Å². The molecule has 1 aliphatic carbocycles. The third-order valence-electron chi connectivity index (χ3n) is 4.23. The Morgan fingerprint density at radius 1 is 1.35 bits per heavy atom. The zero-order chi connectivity index (χ0) is 13.9. The molecule has 5 heteroatoms. The second-order valence-corrected chi connectivity index (χ2v) is 6.48. The molecule has 2 heterocycles. The topological polar surface area (TPSA) is 38.2 Å². The molecule has 2 atom stereocenters. The highest BCUT2D eigenvalue weighted by atomic mass is 79.9. The fourth-order valence-electron chi connectivity index (χ4n) is 3.32. The molecule has 20 heavy (non-hydrogen) atoms. The minimum Gasteiger partial charge on any atom is -0.374 e. The Labute approximate surface area is 129 Å². The summed E-state index contributed by atoms with van der Waals surface area (Å²) in [4.78, 5) is 11.7. The first kappa shape index (κ1) is 14.3. The molecule has 2 unspecified atom stereocenters. The summed E-state index contributed by atoms with van der Waals surface area (Å²) in [5, 5.41) is 0. The van der Waals surface area contributed by atoms with Crippen LogP contribution in [0.15, 0.2) is 10.7 Å². The highest BCUT2D eigenvalue weighted by molar-refractivity contribution is 9.10. The van der Waals surface area contributed by atoms with Gasteiger partial charge in [-0.15, -0.1) is 0 Å². The molecule has 0 bridgehead atoms. The molecule has 110 valence electrons. The van der Waals surface area contributed by atoms with Gasteiger partial charge < -0.3 is 9.64 Å². The van der Waals surface area contributed by atoms with Gasteiger partial charge in [0.15, 0.2) is 0 Å². The number of morpholine rings is 1. The van der Waals surface area contributed by atoms with Gasteiger partial charge in [-0.25, -0.2) is 9.97 Å². The molecule has 0 radical (unpaired) electrons. The summed E-state index contributed by atoms with van der Waals surface area (Å²) in [6, 6.07) is 2.55. The molecule has 1 saturated heterocycles. The van der Waals surface area contributed by atoms with Crippen LogP contribution in [0.5, 0.6) is 0 Å². The van der Waals surface area contributed by atoms with Crippen molar-refractivity contribution in [2.45, 2.75) is 57.6 Å². The van der Waals surface area contributed by atoms with Crippen LogP contribution in [0.25, 0.3) is 0 Å². The maximum Gasteiger partial charge on any atom is 0.133 e. The van der Waals surface area contributed by atoms with Crippen LogP contribution >= 0.6 is 15.9 Å².